The molecule has 0 aromatic carbocycles. The minimum absolute atomic E-state index is 0.0562. The molecule has 1 aliphatic heterocycles. The second-order valence-electron chi connectivity index (χ2n) is 7.29. The molecular formula is C19H24F3N5O4S. The highest BCUT2D eigenvalue weighted by Gasteiger charge is 2.38. The van der Waals surface area contributed by atoms with E-state index in [0.717, 1.165) is 11.3 Å². The molecule has 0 radical (unpaired) electrons. The number of carboxylic acid groups (broad SMARTS) is 1. The van der Waals surface area contributed by atoms with Crippen molar-refractivity contribution in [1.82, 2.24) is 20.3 Å². The number of halogens is 3. The highest BCUT2D eigenvalue weighted by Crippen LogP contribution is 2.31. The van der Waals surface area contributed by atoms with Crippen LogP contribution in [0.4, 0.5) is 18.3 Å². The number of aryl methyl sites for hydroxylation is 2. The van der Waals surface area contributed by atoms with E-state index in [2.05, 4.69) is 20.3 Å². The van der Waals surface area contributed by atoms with Gasteiger partial charge in [0.15, 0.2) is 16.6 Å². The maximum Gasteiger partial charge on any atom is 0.435 e. The number of alkyl halides is 3. The Balaban J connectivity index is 1.74. The fourth-order valence-electron chi connectivity index (χ4n) is 3.60. The van der Waals surface area contributed by atoms with Gasteiger partial charge in [0.2, 0.25) is 0 Å². The van der Waals surface area contributed by atoms with Crippen molar-refractivity contribution in [2.45, 2.75) is 51.9 Å². The summed E-state index contributed by atoms with van der Waals surface area (Å²) in [7, 11) is 0. The van der Waals surface area contributed by atoms with Crippen LogP contribution in [0.15, 0.2) is 0 Å². The van der Waals surface area contributed by atoms with Crippen LogP contribution in [0.1, 0.15) is 57.6 Å². The van der Waals surface area contributed by atoms with Gasteiger partial charge in [0.25, 0.3) is 5.91 Å². The Morgan fingerprint density at radius 1 is 1.34 bits per heavy atom. The third-order valence-corrected chi connectivity index (χ3v) is 6.33. The molecule has 176 valence electrons. The van der Waals surface area contributed by atoms with Gasteiger partial charge in [0.1, 0.15) is 4.88 Å². The van der Waals surface area contributed by atoms with Crippen LogP contribution in [0, 0.1) is 6.92 Å². The lowest BCUT2D eigenvalue weighted by Gasteiger charge is -2.38. The molecule has 0 unspecified atom stereocenters. The summed E-state index contributed by atoms with van der Waals surface area (Å²) in [6.45, 7) is 6.13. The summed E-state index contributed by atoms with van der Waals surface area (Å²) in [5.74, 6) is -2.18. The van der Waals surface area contributed by atoms with Gasteiger partial charge >= 0.3 is 12.1 Å². The average molecular weight is 475 g/mol. The number of aromatic nitrogens is 3. The summed E-state index contributed by atoms with van der Waals surface area (Å²) >= 11 is 1.07. The Kier molecular flexibility index (Phi) is 7.08. The SMILES string of the molecule is CCO[C@@H]1CN(c2nc(C)c(C(=O)O)s2)CC[C@@H]1NC(=O)c1nc(C(F)(F)F)c(CC)[nH]1. The first-order valence-electron chi connectivity index (χ1n) is 10.1. The number of carbonyl (C=O) groups excluding carboxylic acids is 1. The monoisotopic (exact) mass is 475 g/mol. The number of nitrogens with zero attached hydrogens (tertiary/aromatic N) is 3. The van der Waals surface area contributed by atoms with Gasteiger partial charge in [-0.3, -0.25) is 4.79 Å². The van der Waals surface area contributed by atoms with E-state index in [0.29, 0.717) is 36.9 Å². The second kappa shape index (κ2) is 9.45. The van der Waals surface area contributed by atoms with Crippen molar-refractivity contribution < 1.29 is 32.6 Å². The van der Waals surface area contributed by atoms with Gasteiger partial charge in [0, 0.05) is 25.4 Å². The summed E-state index contributed by atoms with van der Waals surface area (Å²) < 4.78 is 45.2. The van der Waals surface area contributed by atoms with Crippen LogP contribution in [0.25, 0.3) is 0 Å². The number of nitrogens with one attached hydrogen (secondary N) is 2. The molecular weight excluding hydrogens is 451 g/mol. The molecule has 1 aliphatic rings. The van der Waals surface area contributed by atoms with Crippen LogP contribution < -0.4 is 10.2 Å². The average Bonchev–Trinajstić information content (AvgIpc) is 3.33. The second-order valence-corrected chi connectivity index (χ2v) is 8.27. The summed E-state index contributed by atoms with van der Waals surface area (Å²) in [5, 5.41) is 12.5. The number of carbonyl (C=O) groups is 2. The molecule has 0 aliphatic carbocycles. The maximum atomic E-state index is 13.1. The number of hydrogen-bond donors (Lipinski definition) is 3. The number of carboxylic acids is 1. The molecule has 9 nitrogen and oxygen atoms in total. The van der Waals surface area contributed by atoms with Crippen LogP contribution >= 0.6 is 11.3 Å². The first-order chi connectivity index (χ1) is 15.0. The van der Waals surface area contributed by atoms with Crippen molar-refractivity contribution >= 4 is 28.3 Å². The number of anilines is 1. The number of thiazole rings is 1. The lowest BCUT2D eigenvalue weighted by atomic mass is 10.0. The number of hydrogen-bond acceptors (Lipinski definition) is 7. The third kappa shape index (κ3) is 5.04. The molecule has 3 N–H and O–H groups in total. The fourth-order valence-corrected chi connectivity index (χ4v) is 4.54. The maximum absolute atomic E-state index is 13.1. The Bertz CT molecular complexity index is 990. The van der Waals surface area contributed by atoms with E-state index >= 15 is 0 Å². The van der Waals surface area contributed by atoms with E-state index in [1.165, 1.54) is 0 Å². The summed E-state index contributed by atoms with van der Waals surface area (Å²) in [6, 6.07) is -0.455. The number of ether oxygens (including phenoxy) is 1. The molecule has 32 heavy (non-hydrogen) atoms. The van der Waals surface area contributed by atoms with Gasteiger partial charge in [0.05, 0.1) is 17.8 Å². The van der Waals surface area contributed by atoms with E-state index in [4.69, 9.17) is 4.74 Å². The van der Waals surface area contributed by atoms with Crippen LogP contribution in [-0.4, -0.2) is 63.8 Å². The topological polar surface area (TPSA) is 120 Å². The van der Waals surface area contributed by atoms with Gasteiger partial charge in [-0.1, -0.05) is 18.3 Å². The zero-order chi connectivity index (χ0) is 23.6. The highest BCUT2D eigenvalue weighted by atomic mass is 32.1. The predicted molar refractivity (Wildman–Crippen MR) is 110 cm³/mol. The first-order valence-corrected chi connectivity index (χ1v) is 10.9. The predicted octanol–water partition coefficient (Wildman–Crippen LogP) is 2.87. The molecule has 2 aromatic heterocycles. The number of H-pyrrole nitrogens is 1. The number of piperidine rings is 1. The van der Waals surface area contributed by atoms with Crippen LogP contribution in [-0.2, 0) is 17.3 Å². The lowest BCUT2D eigenvalue weighted by molar-refractivity contribution is -0.141. The van der Waals surface area contributed by atoms with Crippen molar-refractivity contribution in [1.29, 1.82) is 0 Å². The van der Waals surface area contributed by atoms with Gasteiger partial charge < -0.3 is 25.0 Å². The van der Waals surface area contributed by atoms with Crippen LogP contribution in [0.3, 0.4) is 0 Å². The molecule has 0 spiro atoms. The quantitative estimate of drug-likeness (QED) is 0.563. The number of amides is 1. The Morgan fingerprint density at radius 2 is 2.06 bits per heavy atom. The minimum atomic E-state index is -4.65. The molecule has 3 heterocycles. The van der Waals surface area contributed by atoms with Crippen molar-refractivity contribution in [3.05, 3.63) is 27.8 Å². The van der Waals surface area contributed by atoms with Crippen LogP contribution in [0.2, 0.25) is 0 Å². The smallest absolute Gasteiger partial charge is 0.435 e. The van der Waals surface area contributed by atoms with Crippen molar-refractivity contribution in [2.24, 2.45) is 0 Å². The Labute approximate surface area is 186 Å². The first kappa shape index (κ1) is 24.0. The Hall–Kier alpha value is -2.67. The van der Waals surface area contributed by atoms with E-state index in [9.17, 15) is 27.9 Å². The Morgan fingerprint density at radius 3 is 2.59 bits per heavy atom. The van der Waals surface area contributed by atoms with Crippen molar-refractivity contribution in [2.75, 3.05) is 24.6 Å². The van der Waals surface area contributed by atoms with Gasteiger partial charge in [-0.05, 0) is 26.7 Å². The van der Waals surface area contributed by atoms with Crippen molar-refractivity contribution in [3.8, 4) is 0 Å². The number of aromatic carboxylic acids is 1. The summed E-state index contributed by atoms with van der Waals surface area (Å²) in [4.78, 5) is 36.2. The zero-order valence-corrected chi connectivity index (χ0v) is 18.6. The van der Waals surface area contributed by atoms with Gasteiger partial charge in [-0.15, -0.1) is 0 Å². The molecule has 3 rings (SSSR count). The lowest BCUT2D eigenvalue weighted by Crippen LogP contribution is -2.55. The molecule has 0 saturated carbocycles. The number of imidazole rings is 1. The van der Waals surface area contributed by atoms with E-state index < -0.39 is 41.7 Å². The highest BCUT2D eigenvalue weighted by molar-refractivity contribution is 7.17. The summed E-state index contributed by atoms with van der Waals surface area (Å²) in [5.41, 5.74) is -0.812. The molecule has 2 aromatic rings. The molecule has 1 amide bonds. The van der Waals surface area contributed by atoms with Crippen molar-refractivity contribution in [3.63, 3.8) is 0 Å². The summed E-state index contributed by atoms with van der Waals surface area (Å²) in [6.07, 6.45) is -4.62. The normalized spacial score (nSPS) is 19.2. The van der Waals surface area contributed by atoms with Crippen LogP contribution in [0.5, 0.6) is 0 Å². The third-order valence-electron chi connectivity index (χ3n) is 5.12. The largest absolute Gasteiger partial charge is 0.477 e. The molecule has 1 saturated heterocycles. The standard InChI is InChI=1S/C19H24F3N5O4S/c1-4-10-14(19(20,21)22)26-15(24-10)16(28)25-11-6-7-27(8-12(11)31-5-2)18-23-9(3)13(32-18)17(29)30/h11-12H,4-8H2,1-3H3,(H,24,26)(H,25,28)(H,29,30)/t11-,12+/m0/s1. The molecule has 1 fully saturated rings. The molecule has 0 bridgehead atoms. The molecule has 2 atom stereocenters. The zero-order valence-electron chi connectivity index (χ0n) is 17.7. The van der Waals surface area contributed by atoms with E-state index in [-0.39, 0.29) is 17.0 Å². The fraction of sp³-hybridized carbons (Fsp3) is 0.579. The van der Waals surface area contributed by atoms with Gasteiger partial charge in [-0.25, -0.2) is 14.8 Å². The molecule has 13 heteroatoms. The minimum Gasteiger partial charge on any atom is -0.477 e. The number of rotatable bonds is 7. The number of aromatic amines is 1. The van der Waals surface area contributed by atoms with E-state index in [1.54, 1.807) is 20.8 Å². The van der Waals surface area contributed by atoms with E-state index in [1.807, 2.05) is 4.90 Å². The van der Waals surface area contributed by atoms with Gasteiger partial charge in [-0.2, -0.15) is 13.2 Å².